The van der Waals surface area contributed by atoms with Crippen molar-refractivity contribution in [1.82, 2.24) is 0 Å². The van der Waals surface area contributed by atoms with E-state index in [1.807, 2.05) is 19.1 Å². The third-order valence-electron chi connectivity index (χ3n) is 9.42. The second-order valence-electron chi connectivity index (χ2n) is 12.8. The van der Waals surface area contributed by atoms with Gasteiger partial charge in [0.1, 0.15) is 25.6 Å². The van der Waals surface area contributed by atoms with Crippen molar-refractivity contribution >= 4 is 17.9 Å². The maximum atomic E-state index is 12.5. The summed E-state index contributed by atoms with van der Waals surface area (Å²) in [4.78, 5) is 45.9. The van der Waals surface area contributed by atoms with E-state index in [0.717, 1.165) is 51.1 Å². The molecule has 10 nitrogen and oxygen atoms in total. The number of esters is 3. The third-order valence-corrected chi connectivity index (χ3v) is 9.42. The van der Waals surface area contributed by atoms with Gasteiger partial charge in [-0.05, 0) is 57.5 Å². The van der Waals surface area contributed by atoms with E-state index in [4.69, 9.17) is 33.5 Å². The lowest BCUT2D eigenvalue weighted by Crippen LogP contribution is -2.30. The van der Waals surface area contributed by atoms with Crippen LogP contribution in [0.25, 0.3) is 11.1 Å². The molecule has 0 aliphatic heterocycles. The van der Waals surface area contributed by atoms with E-state index in [1.54, 1.807) is 0 Å². The van der Waals surface area contributed by atoms with Gasteiger partial charge in [0.2, 0.25) is 0 Å². The molecule has 3 atom stereocenters. The molecule has 0 saturated heterocycles. The third kappa shape index (κ3) is 9.23. The molecule has 4 aromatic carbocycles. The van der Waals surface area contributed by atoms with Crippen molar-refractivity contribution in [3.63, 3.8) is 0 Å². The zero-order valence-electron chi connectivity index (χ0n) is 31.6. The van der Waals surface area contributed by atoms with Gasteiger partial charge in [-0.15, -0.1) is 0 Å². The van der Waals surface area contributed by atoms with Gasteiger partial charge in [-0.25, -0.2) is 24.2 Å². The highest BCUT2D eigenvalue weighted by Crippen LogP contribution is 2.56. The van der Waals surface area contributed by atoms with Crippen LogP contribution >= 0.6 is 0 Å². The number of fused-ring (bicyclic) bond motifs is 3. The average Bonchev–Trinajstić information content (AvgIpc) is 3.54. The normalized spacial score (nSPS) is 13.8. The maximum Gasteiger partial charge on any atom is 0.337 e. The summed E-state index contributed by atoms with van der Waals surface area (Å²) in [6.45, 7) is 15.8. The standard InChI is InChI=1S/C46H46O10/c1-7-31(5)45(49)55-36(28-53-43(47)9-3)27-52-42(8-2)32-19-21-33(22-20-32)46(40-17-13-11-15-38(40)39-16-12-14-18-41(39)46)34-23-25-35(26-24-34)51-29-37(56-50-6)30-54-44(48)10-4/h7,9-26,36-37,42H,1,3-5,8,27-30H2,2,6H3. The molecule has 0 aromatic heterocycles. The van der Waals surface area contributed by atoms with Crippen molar-refractivity contribution in [3.8, 4) is 16.9 Å². The Kier molecular flexibility index (Phi) is 14.3. The van der Waals surface area contributed by atoms with E-state index in [2.05, 4.69) is 111 Å². The van der Waals surface area contributed by atoms with Crippen LogP contribution in [0.1, 0.15) is 47.3 Å². The molecule has 1 aliphatic rings. The lowest BCUT2D eigenvalue weighted by atomic mass is 9.67. The Labute approximate surface area is 327 Å². The molecule has 1 aliphatic carbocycles. The summed E-state index contributed by atoms with van der Waals surface area (Å²) < 4.78 is 28.2. The first-order valence-corrected chi connectivity index (χ1v) is 18.1. The first-order chi connectivity index (χ1) is 27.2. The zero-order valence-corrected chi connectivity index (χ0v) is 31.6. The lowest BCUT2D eigenvalue weighted by Gasteiger charge is -2.34. The fraction of sp³-hybridized carbons (Fsp3) is 0.239. The molecule has 0 N–H and O–H groups in total. The molecule has 4 aromatic rings. The second-order valence-corrected chi connectivity index (χ2v) is 12.8. The van der Waals surface area contributed by atoms with Gasteiger partial charge in [0.15, 0.2) is 12.2 Å². The van der Waals surface area contributed by atoms with Crippen LogP contribution in [-0.2, 0) is 48.5 Å². The minimum Gasteiger partial charge on any atom is -0.491 e. The minimum absolute atomic E-state index is 0.0295. The van der Waals surface area contributed by atoms with Crippen molar-refractivity contribution < 1.29 is 47.8 Å². The summed E-state index contributed by atoms with van der Waals surface area (Å²) in [5.74, 6) is -1.30. The number of carbonyl (C=O) groups excluding carboxylic acids is 3. The Morgan fingerprint density at radius 1 is 0.679 bits per heavy atom. The number of ether oxygens (including phenoxy) is 5. The predicted octanol–water partition coefficient (Wildman–Crippen LogP) is 7.96. The van der Waals surface area contributed by atoms with E-state index in [0.29, 0.717) is 12.2 Å². The Balaban J connectivity index is 1.44. The summed E-state index contributed by atoms with van der Waals surface area (Å²) in [6.07, 6.45) is 2.14. The van der Waals surface area contributed by atoms with Crippen LogP contribution in [0.4, 0.5) is 0 Å². The molecular formula is C46H46O10. The number of rotatable bonds is 21. The van der Waals surface area contributed by atoms with Crippen molar-refractivity contribution in [2.24, 2.45) is 0 Å². The van der Waals surface area contributed by atoms with E-state index in [1.165, 1.54) is 13.2 Å². The van der Waals surface area contributed by atoms with E-state index in [-0.39, 0.29) is 38.1 Å². The Hall–Kier alpha value is -6.07. The monoisotopic (exact) mass is 758 g/mol. The molecule has 3 unspecified atom stereocenters. The van der Waals surface area contributed by atoms with Crippen LogP contribution in [0.15, 0.2) is 147 Å². The quantitative estimate of drug-likeness (QED) is 0.0182. The summed E-state index contributed by atoms with van der Waals surface area (Å²) >= 11 is 0. The summed E-state index contributed by atoms with van der Waals surface area (Å²) in [5, 5.41) is 0. The van der Waals surface area contributed by atoms with Gasteiger partial charge in [0.05, 0.1) is 30.8 Å². The fourth-order valence-corrected chi connectivity index (χ4v) is 6.77. The highest BCUT2D eigenvalue weighted by molar-refractivity contribution is 5.90. The van der Waals surface area contributed by atoms with Crippen LogP contribution in [0, 0.1) is 0 Å². The number of carbonyl (C=O) groups is 3. The van der Waals surface area contributed by atoms with E-state index < -0.39 is 35.5 Å². The van der Waals surface area contributed by atoms with Gasteiger partial charge in [-0.1, -0.05) is 124 Å². The van der Waals surface area contributed by atoms with Gasteiger partial charge in [-0.2, -0.15) is 0 Å². The lowest BCUT2D eigenvalue weighted by molar-refractivity contribution is -0.313. The smallest absolute Gasteiger partial charge is 0.337 e. The van der Waals surface area contributed by atoms with Crippen LogP contribution in [-0.4, -0.2) is 63.7 Å². The number of hydrogen-bond donors (Lipinski definition) is 0. The predicted molar refractivity (Wildman–Crippen MR) is 212 cm³/mol. The Bertz CT molecular complexity index is 1990. The molecular weight excluding hydrogens is 712 g/mol. The summed E-state index contributed by atoms with van der Waals surface area (Å²) in [6, 6.07) is 33.2. The molecule has 0 spiro atoms. The fourth-order valence-electron chi connectivity index (χ4n) is 6.77. The zero-order chi connectivity index (χ0) is 40.1. The Morgan fingerprint density at radius 3 is 1.73 bits per heavy atom. The largest absolute Gasteiger partial charge is 0.491 e. The highest BCUT2D eigenvalue weighted by Gasteiger charge is 2.46. The van der Waals surface area contributed by atoms with Gasteiger partial charge >= 0.3 is 17.9 Å². The molecule has 56 heavy (non-hydrogen) atoms. The van der Waals surface area contributed by atoms with E-state index >= 15 is 0 Å². The van der Waals surface area contributed by atoms with Crippen molar-refractivity contribution in [2.75, 3.05) is 33.5 Å². The molecule has 5 rings (SSSR count). The van der Waals surface area contributed by atoms with Gasteiger partial charge in [0, 0.05) is 12.2 Å². The molecule has 0 saturated carbocycles. The molecule has 0 radical (unpaired) electrons. The first kappa shape index (κ1) is 41.1. The van der Waals surface area contributed by atoms with Crippen molar-refractivity contribution in [2.45, 2.75) is 37.1 Å². The molecule has 0 bridgehead atoms. The van der Waals surface area contributed by atoms with Crippen molar-refractivity contribution in [3.05, 3.63) is 175 Å². The first-order valence-electron chi connectivity index (χ1n) is 18.1. The van der Waals surface area contributed by atoms with Crippen molar-refractivity contribution in [1.29, 1.82) is 0 Å². The van der Waals surface area contributed by atoms with Crippen LogP contribution < -0.4 is 4.74 Å². The second kappa shape index (κ2) is 19.5. The molecule has 290 valence electrons. The Morgan fingerprint density at radius 2 is 1.21 bits per heavy atom. The number of hydrogen-bond acceptors (Lipinski definition) is 10. The highest BCUT2D eigenvalue weighted by atomic mass is 17.2. The van der Waals surface area contributed by atoms with Gasteiger partial charge in [0.25, 0.3) is 0 Å². The SMILES string of the molecule is C=CC(=C)C(=O)OC(COC(=O)C=C)COC(CC)c1ccc(C2(c3ccc(OCC(COC(=O)C=C)OOC)cc3)c3ccccc3-c3ccccc32)cc1. The van der Waals surface area contributed by atoms with Gasteiger partial charge < -0.3 is 23.7 Å². The van der Waals surface area contributed by atoms with Gasteiger partial charge in [-0.3, -0.25) is 0 Å². The molecule has 0 heterocycles. The average molecular weight is 759 g/mol. The maximum absolute atomic E-state index is 12.5. The summed E-state index contributed by atoms with van der Waals surface area (Å²) in [5.41, 5.74) is 6.98. The van der Waals surface area contributed by atoms with Crippen LogP contribution in [0.2, 0.25) is 0 Å². The molecule has 0 fully saturated rings. The van der Waals surface area contributed by atoms with Crippen LogP contribution in [0.5, 0.6) is 5.75 Å². The minimum atomic E-state index is -0.883. The van der Waals surface area contributed by atoms with Crippen LogP contribution in [0.3, 0.4) is 0 Å². The number of benzene rings is 4. The summed E-state index contributed by atoms with van der Waals surface area (Å²) in [7, 11) is 1.38. The molecule has 0 amide bonds. The topological polar surface area (TPSA) is 116 Å². The van der Waals surface area contributed by atoms with E-state index in [9.17, 15) is 14.4 Å². The molecule has 10 heteroatoms.